The lowest BCUT2D eigenvalue weighted by atomic mass is 10.1. The number of carboxylic acid groups (broad SMARTS) is 1. The average Bonchev–Trinajstić information content (AvgIpc) is 2.71. The van der Waals surface area contributed by atoms with Crippen molar-refractivity contribution in [2.24, 2.45) is 0 Å². The van der Waals surface area contributed by atoms with Crippen LogP contribution in [0.25, 0.3) is 10.4 Å². The van der Waals surface area contributed by atoms with E-state index >= 15 is 0 Å². The molecule has 0 spiro atoms. The predicted octanol–water partition coefficient (Wildman–Crippen LogP) is 3.47. The summed E-state index contributed by atoms with van der Waals surface area (Å²) < 4.78 is 6.17. The number of aromatic carboxylic acids is 1. The Bertz CT molecular complexity index is 609. The zero-order chi connectivity index (χ0) is 13.3. The first-order chi connectivity index (χ1) is 8.52. The van der Waals surface area contributed by atoms with Gasteiger partial charge in [-0.3, -0.25) is 0 Å². The number of thiophene rings is 1. The van der Waals surface area contributed by atoms with Gasteiger partial charge in [0.1, 0.15) is 10.6 Å². The van der Waals surface area contributed by atoms with Gasteiger partial charge in [-0.25, -0.2) is 4.79 Å². The van der Waals surface area contributed by atoms with Gasteiger partial charge in [0, 0.05) is 14.9 Å². The number of nitrogens with two attached hydrogens (primary N) is 1. The number of hydrogen-bond acceptors (Lipinski definition) is 4. The van der Waals surface area contributed by atoms with Crippen LogP contribution >= 0.6 is 27.3 Å². The molecule has 18 heavy (non-hydrogen) atoms. The minimum absolute atomic E-state index is 0.148. The van der Waals surface area contributed by atoms with E-state index in [4.69, 9.17) is 15.6 Å². The first kappa shape index (κ1) is 12.9. The number of methoxy groups -OCH3 is 1. The van der Waals surface area contributed by atoms with Gasteiger partial charge < -0.3 is 15.6 Å². The average molecular weight is 328 g/mol. The Morgan fingerprint density at radius 2 is 2.17 bits per heavy atom. The highest BCUT2D eigenvalue weighted by atomic mass is 79.9. The highest BCUT2D eigenvalue weighted by molar-refractivity contribution is 9.10. The summed E-state index contributed by atoms with van der Waals surface area (Å²) in [6.45, 7) is 0. The maximum Gasteiger partial charge on any atom is 0.348 e. The van der Waals surface area contributed by atoms with Gasteiger partial charge in [0.2, 0.25) is 0 Å². The Hall–Kier alpha value is -1.53. The van der Waals surface area contributed by atoms with Gasteiger partial charge in [0.15, 0.2) is 0 Å². The highest BCUT2D eigenvalue weighted by Gasteiger charge is 2.16. The Balaban J connectivity index is 2.55. The van der Waals surface area contributed by atoms with Crippen LogP contribution in [-0.2, 0) is 0 Å². The smallest absolute Gasteiger partial charge is 0.348 e. The van der Waals surface area contributed by atoms with E-state index in [1.54, 1.807) is 13.2 Å². The van der Waals surface area contributed by atoms with E-state index in [0.717, 1.165) is 26.3 Å². The standard InChI is InChI=1S/C12H10BrNO3S/c1-17-9-4-6(13)2-3-7(9)10-5-8(14)11(18-10)12(15)16/h2-5H,14H2,1H3,(H,15,16). The van der Waals surface area contributed by atoms with Crippen LogP contribution in [0.5, 0.6) is 5.75 Å². The van der Waals surface area contributed by atoms with Crippen LogP contribution in [0.1, 0.15) is 9.67 Å². The molecule has 0 bridgehead atoms. The molecule has 2 aromatic rings. The molecule has 1 aromatic heterocycles. The lowest BCUT2D eigenvalue weighted by molar-refractivity contribution is 0.0703. The minimum Gasteiger partial charge on any atom is -0.496 e. The summed E-state index contributed by atoms with van der Waals surface area (Å²) in [6, 6.07) is 7.21. The molecule has 94 valence electrons. The zero-order valence-corrected chi connectivity index (χ0v) is 11.8. The summed E-state index contributed by atoms with van der Waals surface area (Å²) in [4.78, 5) is 11.9. The molecule has 6 heteroatoms. The third-order valence-electron chi connectivity index (χ3n) is 2.38. The number of carboxylic acids is 1. The van der Waals surface area contributed by atoms with Gasteiger partial charge >= 0.3 is 5.97 Å². The number of nitrogen functional groups attached to an aromatic ring is 1. The topological polar surface area (TPSA) is 72.5 Å². The van der Waals surface area contributed by atoms with E-state index in [1.165, 1.54) is 0 Å². The summed E-state index contributed by atoms with van der Waals surface area (Å²) >= 11 is 4.49. The molecule has 1 aromatic carbocycles. The summed E-state index contributed by atoms with van der Waals surface area (Å²) in [5.41, 5.74) is 6.78. The highest BCUT2D eigenvalue weighted by Crippen LogP contribution is 2.39. The number of carbonyl (C=O) groups is 1. The van der Waals surface area contributed by atoms with Crippen molar-refractivity contribution in [3.05, 3.63) is 33.6 Å². The summed E-state index contributed by atoms with van der Waals surface area (Å²) in [6.07, 6.45) is 0. The summed E-state index contributed by atoms with van der Waals surface area (Å²) in [5.74, 6) is -0.345. The fourth-order valence-electron chi connectivity index (χ4n) is 1.57. The molecule has 0 fully saturated rings. The third-order valence-corrected chi connectivity index (χ3v) is 4.05. The van der Waals surface area contributed by atoms with Crippen molar-refractivity contribution in [2.75, 3.05) is 12.8 Å². The van der Waals surface area contributed by atoms with E-state index in [2.05, 4.69) is 15.9 Å². The monoisotopic (exact) mass is 327 g/mol. The maximum atomic E-state index is 11.0. The van der Waals surface area contributed by atoms with Gasteiger partial charge in [-0.05, 0) is 24.3 Å². The van der Waals surface area contributed by atoms with Crippen molar-refractivity contribution in [1.29, 1.82) is 0 Å². The maximum absolute atomic E-state index is 11.0. The molecule has 0 aliphatic rings. The first-order valence-corrected chi connectivity index (χ1v) is 6.60. The van der Waals surface area contributed by atoms with Crippen molar-refractivity contribution in [2.45, 2.75) is 0 Å². The van der Waals surface area contributed by atoms with Gasteiger partial charge in [0.25, 0.3) is 0 Å². The molecule has 1 heterocycles. The molecule has 2 rings (SSSR count). The van der Waals surface area contributed by atoms with Gasteiger partial charge in [-0.2, -0.15) is 0 Å². The molecule has 4 nitrogen and oxygen atoms in total. The van der Waals surface area contributed by atoms with E-state index in [0.29, 0.717) is 5.75 Å². The van der Waals surface area contributed by atoms with Gasteiger partial charge in [0.05, 0.1) is 12.8 Å². The lowest BCUT2D eigenvalue weighted by Gasteiger charge is -2.06. The van der Waals surface area contributed by atoms with Crippen LogP contribution in [0.2, 0.25) is 0 Å². The summed E-state index contributed by atoms with van der Waals surface area (Å²) in [5, 5.41) is 8.99. The second-order valence-corrected chi connectivity index (χ2v) is 5.51. The lowest BCUT2D eigenvalue weighted by Crippen LogP contribution is -1.96. The number of anilines is 1. The second-order valence-electron chi connectivity index (χ2n) is 3.54. The normalized spacial score (nSPS) is 10.3. The van der Waals surface area contributed by atoms with Crippen molar-refractivity contribution in [3.63, 3.8) is 0 Å². The Labute approximate surface area is 116 Å². The fourth-order valence-corrected chi connectivity index (χ4v) is 2.86. The number of ether oxygens (including phenoxy) is 1. The molecule has 0 aliphatic carbocycles. The molecule has 3 N–H and O–H groups in total. The molecule has 0 saturated carbocycles. The first-order valence-electron chi connectivity index (χ1n) is 4.99. The fraction of sp³-hybridized carbons (Fsp3) is 0.0833. The van der Waals surface area contributed by atoms with Crippen LogP contribution in [-0.4, -0.2) is 18.2 Å². The molecule has 0 aliphatic heterocycles. The summed E-state index contributed by atoms with van der Waals surface area (Å²) in [7, 11) is 1.57. The number of rotatable bonds is 3. The quantitative estimate of drug-likeness (QED) is 0.905. The molecule has 0 saturated heterocycles. The largest absolute Gasteiger partial charge is 0.496 e. The molecule has 0 atom stereocenters. The molecule has 0 unspecified atom stereocenters. The van der Waals surface area contributed by atoms with Gasteiger partial charge in [-0.1, -0.05) is 15.9 Å². The van der Waals surface area contributed by atoms with Crippen molar-refractivity contribution in [3.8, 4) is 16.2 Å². The Kier molecular flexibility index (Phi) is 3.58. The van der Waals surface area contributed by atoms with Crippen molar-refractivity contribution < 1.29 is 14.6 Å². The van der Waals surface area contributed by atoms with E-state index < -0.39 is 5.97 Å². The molecule has 0 radical (unpaired) electrons. The molecular weight excluding hydrogens is 318 g/mol. The molecular formula is C12H10BrNO3S. The van der Waals surface area contributed by atoms with Crippen LogP contribution in [0, 0.1) is 0 Å². The second kappa shape index (κ2) is 4.99. The van der Waals surface area contributed by atoms with E-state index in [-0.39, 0.29) is 10.6 Å². The van der Waals surface area contributed by atoms with Crippen LogP contribution < -0.4 is 10.5 Å². The van der Waals surface area contributed by atoms with E-state index in [1.807, 2.05) is 18.2 Å². The van der Waals surface area contributed by atoms with Crippen LogP contribution in [0.3, 0.4) is 0 Å². The number of benzene rings is 1. The zero-order valence-electron chi connectivity index (χ0n) is 9.44. The SMILES string of the molecule is COc1cc(Br)ccc1-c1cc(N)c(C(=O)O)s1. The number of halogens is 1. The number of hydrogen-bond donors (Lipinski definition) is 2. The van der Waals surface area contributed by atoms with Crippen molar-refractivity contribution in [1.82, 2.24) is 0 Å². The van der Waals surface area contributed by atoms with Gasteiger partial charge in [-0.15, -0.1) is 11.3 Å². The van der Waals surface area contributed by atoms with E-state index in [9.17, 15) is 4.79 Å². The third kappa shape index (κ3) is 2.34. The predicted molar refractivity (Wildman–Crippen MR) is 75.4 cm³/mol. The van der Waals surface area contributed by atoms with Crippen LogP contribution in [0.4, 0.5) is 5.69 Å². The Morgan fingerprint density at radius 1 is 1.44 bits per heavy atom. The Morgan fingerprint density at radius 3 is 2.72 bits per heavy atom. The van der Waals surface area contributed by atoms with Crippen molar-refractivity contribution >= 4 is 38.9 Å². The van der Waals surface area contributed by atoms with Crippen LogP contribution in [0.15, 0.2) is 28.7 Å². The minimum atomic E-state index is -1.01. The molecule has 0 amide bonds.